The van der Waals surface area contributed by atoms with Gasteiger partial charge in [-0.3, -0.25) is 9.69 Å². The lowest BCUT2D eigenvalue weighted by atomic mass is 10.2. The van der Waals surface area contributed by atoms with Crippen LogP contribution in [0.3, 0.4) is 0 Å². The van der Waals surface area contributed by atoms with Gasteiger partial charge in [-0.1, -0.05) is 30.4 Å². The molecule has 0 saturated carbocycles. The molecule has 0 aliphatic heterocycles. The van der Waals surface area contributed by atoms with Crippen LogP contribution < -0.4 is 4.90 Å². The van der Waals surface area contributed by atoms with Gasteiger partial charge in [0.05, 0.1) is 15.3 Å². The molecule has 6 nitrogen and oxygen atoms in total. The summed E-state index contributed by atoms with van der Waals surface area (Å²) in [5, 5.41) is 0.376. The molecule has 0 N–H and O–H groups in total. The highest BCUT2D eigenvalue weighted by molar-refractivity contribution is 7.91. The highest BCUT2D eigenvalue weighted by atomic mass is 32.2. The van der Waals surface area contributed by atoms with E-state index >= 15 is 0 Å². The third-order valence-electron chi connectivity index (χ3n) is 4.43. The summed E-state index contributed by atoms with van der Waals surface area (Å²) in [6.07, 6.45) is 0. The summed E-state index contributed by atoms with van der Waals surface area (Å²) in [6.45, 7) is 2.46. The maximum atomic E-state index is 14.1. The smallest absolute Gasteiger partial charge is 0.260 e. The standard InChI is InChI=1S/C20H22FN3O3S2/c1-4-29(26,27)15-8-5-7-14(13-15)19(25)24(12-11-23(2)3)20-22-18-16(21)9-6-10-17(18)28-20/h5-10,13H,4,11-12H2,1-3H3. The Bertz CT molecular complexity index is 1140. The van der Waals surface area contributed by atoms with Crippen LogP contribution in [-0.4, -0.2) is 57.1 Å². The summed E-state index contributed by atoms with van der Waals surface area (Å²) in [4.78, 5) is 21.1. The average molecular weight is 436 g/mol. The van der Waals surface area contributed by atoms with Crippen molar-refractivity contribution >= 4 is 42.4 Å². The third kappa shape index (κ3) is 4.63. The van der Waals surface area contributed by atoms with E-state index in [0.29, 0.717) is 22.9 Å². The van der Waals surface area contributed by atoms with E-state index in [9.17, 15) is 17.6 Å². The monoisotopic (exact) mass is 435 g/mol. The number of aromatic nitrogens is 1. The molecule has 0 saturated heterocycles. The molecule has 1 heterocycles. The summed E-state index contributed by atoms with van der Waals surface area (Å²) in [7, 11) is 0.330. The van der Waals surface area contributed by atoms with E-state index in [-0.39, 0.29) is 27.6 Å². The van der Waals surface area contributed by atoms with Crippen molar-refractivity contribution < 1.29 is 17.6 Å². The van der Waals surface area contributed by atoms with Gasteiger partial charge in [0.25, 0.3) is 5.91 Å². The Kier molecular flexibility index (Phi) is 6.30. The summed E-state index contributed by atoms with van der Waals surface area (Å²) in [6, 6.07) is 10.7. The Morgan fingerprint density at radius 3 is 2.52 bits per heavy atom. The fourth-order valence-corrected chi connectivity index (χ4v) is 4.68. The van der Waals surface area contributed by atoms with Gasteiger partial charge in [0.1, 0.15) is 11.3 Å². The number of nitrogens with zero attached hydrogens (tertiary/aromatic N) is 3. The molecule has 0 spiro atoms. The Hall–Kier alpha value is -2.36. The maximum Gasteiger partial charge on any atom is 0.260 e. The number of para-hydroxylation sites is 1. The first-order valence-corrected chi connectivity index (χ1v) is 11.5. The SMILES string of the molecule is CCS(=O)(=O)c1cccc(C(=O)N(CCN(C)C)c2nc3c(F)cccc3s2)c1. The van der Waals surface area contributed by atoms with E-state index in [0.717, 1.165) is 0 Å². The minimum Gasteiger partial charge on any atom is -0.308 e. The number of sulfone groups is 1. The normalized spacial score (nSPS) is 11.9. The second-order valence-corrected chi connectivity index (χ2v) is 10.1. The molecule has 3 aromatic rings. The number of hydrogen-bond donors (Lipinski definition) is 0. The second kappa shape index (κ2) is 8.56. The van der Waals surface area contributed by atoms with Gasteiger partial charge in [-0.05, 0) is 44.4 Å². The van der Waals surface area contributed by atoms with Crippen LogP contribution in [0.25, 0.3) is 10.2 Å². The van der Waals surface area contributed by atoms with E-state index in [2.05, 4.69) is 4.98 Å². The predicted octanol–water partition coefficient (Wildman–Crippen LogP) is 3.44. The highest BCUT2D eigenvalue weighted by Gasteiger charge is 2.23. The van der Waals surface area contributed by atoms with Gasteiger partial charge in [0.15, 0.2) is 15.0 Å². The van der Waals surface area contributed by atoms with Gasteiger partial charge in [-0.2, -0.15) is 0 Å². The lowest BCUT2D eigenvalue weighted by Gasteiger charge is -2.22. The number of anilines is 1. The molecule has 9 heteroatoms. The van der Waals surface area contributed by atoms with Crippen LogP contribution in [0.5, 0.6) is 0 Å². The molecule has 29 heavy (non-hydrogen) atoms. The topological polar surface area (TPSA) is 70.6 Å². The number of carbonyl (C=O) groups is 1. The van der Waals surface area contributed by atoms with Crippen molar-refractivity contribution in [2.45, 2.75) is 11.8 Å². The predicted molar refractivity (Wildman–Crippen MR) is 114 cm³/mol. The van der Waals surface area contributed by atoms with Crippen molar-refractivity contribution in [3.8, 4) is 0 Å². The van der Waals surface area contributed by atoms with Gasteiger partial charge >= 0.3 is 0 Å². The van der Waals surface area contributed by atoms with Crippen LogP contribution in [0.1, 0.15) is 17.3 Å². The van der Waals surface area contributed by atoms with Crippen molar-refractivity contribution in [3.63, 3.8) is 0 Å². The zero-order valence-corrected chi connectivity index (χ0v) is 18.1. The lowest BCUT2D eigenvalue weighted by molar-refractivity contribution is 0.0985. The molecule has 2 aromatic carbocycles. The fraction of sp³-hybridized carbons (Fsp3) is 0.300. The fourth-order valence-electron chi connectivity index (χ4n) is 2.75. The zero-order valence-electron chi connectivity index (χ0n) is 16.4. The summed E-state index contributed by atoms with van der Waals surface area (Å²) in [5.41, 5.74) is 0.468. The first-order chi connectivity index (χ1) is 13.7. The maximum absolute atomic E-state index is 14.1. The minimum absolute atomic E-state index is 0.0495. The number of carbonyl (C=O) groups excluding carboxylic acids is 1. The number of benzene rings is 2. The van der Waals surface area contributed by atoms with E-state index in [4.69, 9.17) is 0 Å². The summed E-state index contributed by atoms with van der Waals surface area (Å²) < 4.78 is 39.1. The van der Waals surface area contributed by atoms with E-state index in [1.165, 1.54) is 34.4 Å². The third-order valence-corrected chi connectivity index (χ3v) is 7.20. The number of halogens is 1. The van der Waals surface area contributed by atoms with Crippen LogP contribution >= 0.6 is 11.3 Å². The summed E-state index contributed by atoms with van der Waals surface area (Å²) >= 11 is 1.23. The zero-order chi connectivity index (χ0) is 21.2. The number of thiazole rings is 1. The number of hydrogen-bond acceptors (Lipinski definition) is 6. The largest absolute Gasteiger partial charge is 0.308 e. The first-order valence-electron chi connectivity index (χ1n) is 9.07. The number of likely N-dealkylation sites (N-methyl/N-ethyl adjacent to an activating group) is 1. The molecular formula is C20H22FN3O3S2. The van der Waals surface area contributed by atoms with Crippen LogP contribution in [0, 0.1) is 5.82 Å². The molecule has 0 fully saturated rings. The van der Waals surface area contributed by atoms with Gasteiger partial charge in [-0.25, -0.2) is 17.8 Å². The second-order valence-electron chi connectivity index (χ2n) is 6.77. The van der Waals surface area contributed by atoms with Crippen molar-refractivity contribution in [3.05, 3.63) is 53.8 Å². The number of rotatable bonds is 7. The van der Waals surface area contributed by atoms with Crippen molar-refractivity contribution in [1.29, 1.82) is 0 Å². The molecule has 0 radical (unpaired) electrons. The Morgan fingerprint density at radius 2 is 1.86 bits per heavy atom. The molecule has 1 amide bonds. The van der Waals surface area contributed by atoms with Crippen molar-refractivity contribution in [1.82, 2.24) is 9.88 Å². The molecule has 0 atom stereocenters. The molecule has 0 aliphatic carbocycles. The van der Waals surface area contributed by atoms with Crippen molar-refractivity contribution in [2.24, 2.45) is 0 Å². The first kappa shape index (κ1) is 21.4. The Morgan fingerprint density at radius 1 is 1.14 bits per heavy atom. The Labute approximate surface area is 173 Å². The van der Waals surface area contributed by atoms with Gasteiger partial charge < -0.3 is 4.90 Å². The van der Waals surface area contributed by atoms with Crippen molar-refractivity contribution in [2.75, 3.05) is 37.8 Å². The van der Waals surface area contributed by atoms with Gasteiger partial charge in [0, 0.05) is 18.7 Å². The van der Waals surface area contributed by atoms with Crippen LogP contribution in [0.2, 0.25) is 0 Å². The number of amides is 1. The lowest BCUT2D eigenvalue weighted by Crippen LogP contribution is -2.36. The molecule has 3 rings (SSSR count). The molecule has 1 aromatic heterocycles. The van der Waals surface area contributed by atoms with Crippen LogP contribution in [-0.2, 0) is 9.84 Å². The van der Waals surface area contributed by atoms with E-state index in [1.54, 1.807) is 31.2 Å². The van der Waals surface area contributed by atoms with Gasteiger partial charge in [-0.15, -0.1) is 0 Å². The van der Waals surface area contributed by atoms with Crippen LogP contribution in [0.4, 0.5) is 9.52 Å². The quantitative estimate of drug-likeness (QED) is 0.569. The number of fused-ring (bicyclic) bond motifs is 1. The van der Waals surface area contributed by atoms with Gasteiger partial charge in [0.2, 0.25) is 0 Å². The minimum atomic E-state index is -3.44. The highest BCUT2D eigenvalue weighted by Crippen LogP contribution is 2.31. The average Bonchev–Trinajstić information content (AvgIpc) is 3.13. The van der Waals surface area contributed by atoms with Crippen LogP contribution in [0.15, 0.2) is 47.4 Å². The Balaban J connectivity index is 2.03. The summed E-state index contributed by atoms with van der Waals surface area (Å²) in [5.74, 6) is -0.868. The van der Waals surface area contributed by atoms with E-state index in [1.807, 2.05) is 19.0 Å². The molecular weight excluding hydrogens is 413 g/mol. The molecule has 0 bridgehead atoms. The van der Waals surface area contributed by atoms with E-state index < -0.39 is 15.7 Å². The molecule has 154 valence electrons. The molecule has 0 unspecified atom stereocenters. The molecule has 0 aliphatic rings.